The van der Waals surface area contributed by atoms with Crippen LogP contribution in [0.5, 0.6) is 0 Å². The number of Topliss-reactive ketones (excluding diaryl/α,β-unsaturated/α-hetero) is 1. The largest absolute Gasteiger partial charge is 0.300 e. The van der Waals surface area contributed by atoms with Gasteiger partial charge in [-0.25, -0.2) is 0 Å². The maximum Gasteiger partial charge on any atom is 0.136 e. The Morgan fingerprint density at radius 2 is 2.00 bits per heavy atom. The van der Waals surface area contributed by atoms with E-state index in [2.05, 4.69) is 13.0 Å². The molecule has 58 valence electrons. The highest BCUT2D eigenvalue weighted by Gasteiger charge is 2.62. The Morgan fingerprint density at radius 1 is 1.45 bits per heavy atom. The summed E-state index contributed by atoms with van der Waals surface area (Å²) in [7, 11) is 0. The molecule has 2 aliphatic rings. The third-order valence-corrected chi connectivity index (χ3v) is 3.37. The molecule has 11 heavy (non-hydrogen) atoms. The third-order valence-electron chi connectivity index (χ3n) is 3.37. The van der Waals surface area contributed by atoms with Crippen molar-refractivity contribution >= 4 is 5.78 Å². The van der Waals surface area contributed by atoms with E-state index in [4.69, 9.17) is 5.26 Å². The van der Waals surface area contributed by atoms with Crippen molar-refractivity contribution < 1.29 is 4.79 Å². The van der Waals surface area contributed by atoms with Crippen molar-refractivity contribution in [2.75, 3.05) is 0 Å². The minimum atomic E-state index is -0.260. The first kappa shape index (κ1) is 6.84. The minimum absolute atomic E-state index is 0.190. The summed E-state index contributed by atoms with van der Waals surface area (Å²) in [4.78, 5) is 10.8. The van der Waals surface area contributed by atoms with E-state index in [-0.39, 0.29) is 16.6 Å². The molecule has 0 heterocycles. The normalized spacial score (nSPS) is 30.4. The molecule has 0 N–H and O–H groups in total. The first-order chi connectivity index (χ1) is 5.12. The van der Waals surface area contributed by atoms with Crippen LogP contribution < -0.4 is 0 Å². The summed E-state index contributed by atoms with van der Waals surface area (Å²) in [6.07, 6.45) is 3.29. The summed E-state index contributed by atoms with van der Waals surface area (Å²) in [5.41, 5.74) is -0.0697. The number of nitrogens with zero attached hydrogens (tertiary/aromatic N) is 1. The van der Waals surface area contributed by atoms with Crippen LogP contribution in [0.2, 0.25) is 0 Å². The van der Waals surface area contributed by atoms with Gasteiger partial charge in [0.05, 0.1) is 11.5 Å². The maximum absolute atomic E-state index is 10.8. The van der Waals surface area contributed by atoms with Crippen molar-refractivity contribution in [3.05, 3.63) is 0 Å². The Bertz CT molecular complexity index is 249. The van der Waals surface area contributed by atoms with Gasteiger partial charge in [-0.05, 0) is 18.3 Å². The lowest BCUT2D eigenvalue weighted by Crippen LogP contribution is -2.42. The van der Waals surface area contributed by atoms with Crippen LogP contribution in [-0.4, -0.2) is 5.78 Å². The van der Waals surface area contributed by atoms with Gasteiger partial charge >= 0.3 is 0 Å². The molecule has 0 aliphatic heterocycles. The zero-order valence-corrected chi connectivity index (χ0v) is 6.68. The maximum atomic E-state index is 10.8. The average Bonchev–Trinajstić information content (AvgIpc) is 2.62. The van der Waals surface area contributed by atoms with Crippen LogP contribution >= 0.6 is 0 Å². The van der Waals surface area contributed by atoms with Crippen LogP contribution in [0.15, 0.2) is 0 Å². The SMILES string of the molecule is CC1(C2(C#N)CC(=O)C2)CC1. The molecule has 0 saturated heterocycles. The lowest BCUT2D eigenvalue weighted by atomic mass is 9.60. The second kappa shape index (κ2) is 1.66. The lowest BCUT2D eigenvalue weighted by Gasteiger charge is -2.39. The molecule has 2 fully saturated rings. The standard InChI is InChI=1S/C9H11NO/c1-8(2-3-8)9(6-10)4-7(11)5-9/h2-5H2,1H3. The van der Waals surface area contributed by atoms with E-state index in [1.165, 1.54) is 0 Å². The van der Waals surface area contributed by atoms with Crippen LogP contribution in [0.3, 0.4) is 0 Å². The molecule has 2 heteroatoms. The summed E-state index contributed by atoms with van der Waals surface area (Å²) in [6, 6.07) is 2.33. The van der Waals surface area contributed by atoms with Crippen molar-refractivity contribution in [2.24, 2.45) is 10.8 Å². The van der Waals surface area contributed by atoms with Crippen LogP contribution in [-0.2, 0) is 4.79 Å². The molecule has 0 unspecified atom stereocenters. The number of nitriles is 1. The summed E-state index contributed by atoms with van der Waals surface area (Å²) < 4.78 is 0. The predicted molar refractivity (Wildman–Crippen MR) is 39.6 cm³/mol. The first-order valence-corrected chi connectivity index (χ1v) is 4.05. The lowest BCUT2D eigenvalue weighted by molar-refractivity contribution is -0.132. The number of hydrogen-bond acceptors (Lipinski definition) is 2. The van der Waals surface area contributed by atoms with Gasteiger partial charge in [-0.15, -0.1) is 0 Å². The van der Waals surface area contributed by atoms with Gasteiger partial charge in [-0.3, -0.25) is 4.79 Å². The molecular weight excluding hydrogens is 138 g/mol. The first-order valence-electron chi connectivity index (χ1n) is 4.05. The van der Waals surface area contributed by atoms with Crippen molar-refractivity contribution in [3.8, 4) is 6.07 Å². The van der Waals surface area contributed by atoms with Gasteiger partial charge in [0.1, 0.15) is 5.78 Å². The molecular formula is C9H11NO. The van der Waals surface area contributed by atoms with E-state index in [9.17, 15) is 4.79 Å². The number of carbonyl (C=O) groups is 1. The average molecular weight is 149 g/mol. The van der Waals surface area contributed by atoms with Crippen LogP contribution in [0, 0.1) is 22.2 Å². The van der Waals surface area contributed by atoms with Gasteiger partial charge < -0.3 is 0 Å². The Balaban J connectivity index is 2.21. The van der Waals surface area contributed by atoms with E-state index in [1.54, 1.807) is 0 Å². The molecule has 0 aromatic rings. The van der Waals surface area contributed by atoms with E-state index >= 15 is 0 Å². The second-order valence-electron chi connectivity index (χ2n) is 4.15. The molecule has 0 aromatic heterocycles. The summed E-state index contributed by atoms with van der Waals surface area (Å²) >= 11 is 0. The van der Waals surface area contributed by atoms with Crippen LogP contribution in [0.4, 0.5) is 0 Å². The monoisotopic (exact) mass is 149 g/mol. The van der Waals surface area contributed by atoms with Crippen molar-refractivity contribution in [3.63, 3.8) is 0 Å². The molecule has 0 spiro atoms. The number of ketones is 1. The highest BCUT2D eigenvalue weighted by Crippen LogP contribution is 2.64. The molecule has 0 atom stereocenters. The fraction of sp³-hybridized carbons (Fsp3) is 0.778. The topological polar surface area (TPSA) is 40.9 Å². The van der Waals surface area contributed by atoms with Gasteiger partial charge in [-0.1, -0.05) is 6.92 Å². The zero-order chi connectivity index (χ0) is 8.11. The van der Waals surface area contributed by atoms with Gasteiger partial charge in [0.25, 0.3) is 0 Å². The van der Waals surface area contributed by atoms with E-state index in [1.807, 2.05) is 0 Å². The molecule has 0 radical (unpaired) electrons. The van der Waals surface area contributed by atoms with Gasteiger partial charge in [0.15, 0.2) is 0 Å². The number of hydrogen-bond donors (Lipinski definition) is 0. The molecule has 2 saturated carbocycles. The highest BCUT2D eigenvalue weighted by molar-refractivity contribution is 5.87. The van der Waals surface area contributed by atoms with Crippen LogP contribution in [0.25, 0.3) is 0 Å². The molecule has 0 aromatic carbocycles. The molecule has 0 amide bonds. The highest BCUT2D eigenvalue weighted by atomic mass is 16.1. The zero-order valence-electron chi connectivity index (χ0n) is 6.68. The van der Waals surface area contributed by atoms with Crippen molar-refractivity contribution in [2.45, 2.75) is 32.6 Å². The Hall–Kier alpha value is -0.840. The van der Waals surface area contributed by atoms with E-state index < -0.39 is 0 Å². The van der Waals surface area contributed by atoms with Gasteiger partial charge in [0.2, 0.25) is 0 Å². The van der Waals surface area contributed by atoms with Crippen molar-refractivity contribution in [1.29, 1.82) is 5.26 Å². The molecule has 0 bridgehead atoms. The smallest absolute Gasteiger partial charge is 0.136 e. The second-order valence-corrected chi connectivity index (χ2v) is 4.15. The summed E-state index contributed by atoms with van der Waals surface area (Å²) in [5.74, 6) is 0.264. The molecule has 2 aliphatic carbocycles. The number of carbonyl (C=O) groups excluding carboxylic acids is 1. The fourth-order valence-corrected chi connectivity index (χ4v) is 1.93. The predicted octanol–water partition coefficient (Wildman–Crippen LogP) is 1.66. The fourth-order valence-electron chi connectivity index (χ4n) is 1.93. The Kier molecular flexibility index (Phi) is 1.03. The van der Waals surface area contributed by atoms with E-state index in [0.29, 0.717) is 12.8 Å². The molecule has 2 nitrogen and oxygen atoms in total. The van der Waals surface area contributed by atoms with Crippen molar-refractivity contribution in [1.82, 2.24) is 0 Å². The molecule has 2 rings (SSSR count). The summed E-state index contributed by atoms with van der Waals surface area (Å²) in [6.45, 7) is 2.13. The quantitative estimate of drug-likeness (QED) is 0.569. The Morgan fingerprint density at radius 3 is 2.27 bits per heavy atom. The number of rotatable bonds is 1. The van der Waals surface area contributed by atoms with E-state index in [0.717, 1.165) is 12.8 Å². The van der Waals surface area contributed by atoms with Gasteiger partial charge in [0, 0.05) is 12.8 Å². The van der Waals surface area contributed by atoms with Gasteiger partial charge in [-0.2, -0.15) is 5.26 Å². The minimum Gasteiger partial charge on any atom is -0.300 e. The van der Waals surface area contributed by atoms with Crippen LogP contribution in [0.1, 0.15) is 32.6 Å². The Labute approximate surface area is 66.2 Å². The summed E-state index contributed by atoms with van der Waals surface area (Å²) in [5, 5.41) is 8.93. The third kappa shape index (κ3) is 0.686.